The molecule has 5 heteroatoms. The minimum atomic E-state index is 0.628. The number of benzene rings is 7. The van der Waals surface area contributed by atoms with Crippen LogP contribution in [0.1, 0.15) is 0 Å². The lowest BCUT2D eigenvalue weighted by Crippen LogP contribution is -2.00. The van der Waals surface area contributed by atoms with Gasteiger partial charge in [-0.3, -0.25) is 0 Å². The quantitative estimate of drug-likeness (QED) is 0.192. The van der Waals surface area contributed by atoms with Crippen molar-refractivity contribution in [2.75, 3.05) is 0 Å². The lowest BCUT2D eigenvalue weighted by Gasteiger charge is -2.10. The predicted octanol–water partition coefficient (Wildman–Crippen LogP) is 11.6. The zero-order chi connectivity index (χ0) is 32.8. The average Bonchev–Trinajstić information content (AvgIpc) is 3.85. The van der Waals surface area contributed by atoms with Crippen LogP contribution in [0, 0.1) is 0 Å². The SMILES string of the molecule is c1ccc(-c2nc(-c3ccccc3)nc(-c3cccc(-c4cccc5oc6c(cc7c8ccccc8n8c9ccccc9c6c78)c45)c3)n2)cc1. The van der Waals surface area contributed by atoms with Crippen LogP contribution in [-0.4, -0.2) is 19.4 Å². The maximum atomic E-state index is 6.83. The Labute approximate surface area is 286 Å². The van der Waals surface area contributed by atoms with Crippen molar-refractivity contribution in [3.63, 3.8) is 0 Å². The van der Waals surface area contributed by atoms with E-state index in [1.54, 1.807) is 0 Å². The lowest BCUT2D eigenvalue weighted by atomic mass is 9.96. The molecule has 11 rings (SSSR count). The first-order valence-electron chi connectivity index (χ1n) is 16.8. The molecule has 0 bridgehead atoms. The van der Waals surface area contributed by atoms with Crippen molar-refractivity contribution < 1.29 is 4.42 Å². The zero-order valence-electron chi connectivity index (χ0n) is 26.7. The van der Waals surface area contributed by atoms with Crippen LogP contribution >= 0.6 is 0 Å². The molecule has 0 spiro atoms. The second-order valence-corrected chi connectivity index (χ2v) is 12.8. The Morgan fingerprint density at radius 3 is 1.68 bits per heavy atom. The third-order valence-electron chi connectivity index (χ3n) is 9.96. The minimum Gasteiger partial charge on any atom is -0.455 e. The van der Waals surface area contributed by atoms with Crippen LogP contribution < -0.4 is 0 Å². The first-order valence-corrected chi connectivity index (χ1v) is 16.8. The molecule has 0 saturated heterocycles. The van der Waals surface area contributed by atoms with Crippen molar-refractivity contribution in [3.05, 3.63) is 158 Å². The molecular formula is C45H26N4O. The monoisotopic (exact) mass is 638 g/mol. The van der Waals surface area contributed by atoms with Crippen LogP contribution in [-0.2, 0) is 0 Å². The molecule has 0 atom stereocenters. The summed E-state index contributed by atoms with van der Waals surface area (Å²) in [5.74, 6) is 1.91. The third kappa shape index (κ3) is 3.86. The van der Waals surface area contributed by atoms with Gasteiger partial charge < -0.3 is 8.82 Å². The second-order valence-electron chi connectivity index (χ2n) is 12.8. The van der Waals surface area contributed by atoms with Gasteiger partial charge in [0.2, 0.25) is 0 Å². The molecule has 4 aromatic heterocycles. The van der Waals surface area contributed by atoms with E-state index in [0.717, 1.165) is 55.1 Å². The Hall–Kier alpha value is -6.85. The molecule has 0 aliphatic carbocycles. The van der Waals surface area contributed by atoms with E-state index in [2.05, 4.69) is 101 Å². The molecule has 0 unspecified atom stereocenters. The fourth-order valence-corrected chi connectivity index (χ4v) is 7.79. The van der Waals surface area contributed by atoms with Crippen molar-refractivity contribution in [3.8, 4) is 45.3 Å². The number of furan rings is 1. The zero-order valence-corrected chi connectivity index (χ0v) is 26.7. The molecule has 50 heavy (non-hydrogen) atoms. The lowest BCUT2D eigenvalue weighted by molar-refractivity contribution is 0.673. The topological polar surface area (TPSA) is 56.2 Å². The number of hydrogen-bond acceptors (Lipinski definition) is 4. The van der Waals surface area contributed by atoms with Gasteiger partial charge >= 0.3 is 0 Å². The number of para-hydroxylation sites is 2. The van der Waals surface area contributed by atoms with E-state index in [4.69, 9.17) is 19.4 Å². The highest BCUT2D eigenvalue weighted by molar-refractivity contribution is 6.33. The Bertz CT molecular complexity index is 3030. The summed E-state index contributed by atoms with van der Waals surface area (Å²) >= 11 is 0. The van der Waals surface area contributed by atoms with E-state index >= 15 is 0 Å². The van der Waals surface area contributed by atoms with Gasteiger partial charge in [0, 0.05) is 43.6 Å². The Morgan fingerprint density at radius 1 is 0.400 bits per heavy atom. The number of hydrogen-bond donors (Lipinski definition) is 0. The van der Waals surface area contributed by atoms with Crippen LogP contribution in [0.2, 0.25) is 0 Å². The van der Waals surface area contributed by atoms with Crippen molar-refractivity contribution in [2.24, 2.45) is 0 Å². The molecule has 11 aromatic rings. The maximum absolute atomic E-state index is 6.83. The van der Waals surface area contributed by atoms with Crippen LogP contribution in [0.25, 0.3) is 105 Å². The molecule has 0 aliphatic heterocycles. The van der Waals surface area contributed by atoms with Crippen LogP contribution in [0.15, 0.2) is 162 Å². The van der Waals surface area contributed by atoms with Crippen molar-refractivity contribution in [2.45, 2.75) is 0 Å². The van der Waals surface area contributed by atoms with Gasteiger partial charge in [-0.15, -0.1) is 0 Å². The first kappa shape index (κ1) is 27.1. The normalized spacial score (nSPS) is 12.0. The van der Waals surface area contributed by atoms with Gasteiger partial charge in [-0.1, -0.05) is 127 Å². The average molecular weight is 639 g/mol. The fourth-order valence-electron chi connectivity index (χ4n) is 7.79. The Morgan fingerprint density at radius 2 is 0.960 bits per heavy atom. The van der Waals surface area contributed by atoms with Gasteiger partial charge in [-0.25, -0.2) is 15.0 Å². The van der Waals surface area contributed by atoms with Crippen LogP contribution in [0.5, 0.6) is 0 Å². The van der Waals surface area contributed by atoms with Gasteiger partial charge in [-0.05, 0) is 41.5 Å². The minimum absolute atomic E-state index is 0.628. The summed E-state index contributed by atoms with van der Waals surface area (Å²) in [5, 5.41) is 7.05. The number of nitrogens with zero attached hydrogens (tertiary/aromatic N) is 4. The maximum Gasteiger partial charge on any atom is 0.164 e. The molecule has 5 nitrogen and oxygen atoms in total. The van der Waals surface area contributed by atoms with E-state index < -0.39 is 0 Å². The van der Waals surface area contributed by atoms with Gasteiger partial charge in [0.05, 0.1) is 21.9 Å². The van der Waals surface area contributed by atoms with E-state index in [9.17, 15) is 0 Å². The van der Waals surface area contributed by atoms with Gasteiger partial charge in [0.25, 0.3) is 0 Å². The fraction of sp³-hybridized carbons (Fsp3) is 0. The summed E-state index contributed by atoms with van der Waals surface area (Å²) in [6.07, 6.45) is 0. The molecule has 0 N–H and O–H groups in total. The summed E-state index contributed by atoms with van der Waals surface area (Å²) < 4.78 is 9.23. The molecule has 0 saturated carbocycles. The van der Waals surface area contributed by atoms with Crippen LogP contribution in [0.3, 0.4) is 0 Å². The molecule has 0 amide bonds. The van der Waals surface area contributed by atoms with E-state index in [-0.39, 0.29) is 0 Å². The van der Waals surface area contributed by atoms with Gasteiger partial charge in [0.15, 0.2) is 17.5 Å². The molecule has 232 valence electrons. The summed E-state index contributed by atoms with van der Waals surface area (Å²) in [5.41, 5.74) is 10.4. The number of fused-ring (bicyclic) bond motifs is 10. The molecule has 4 heterocycles. The standard InChI is InChI=1S/C45H26N4O/c1-3-13-27(14-4-1)43-46-44(28-15-5-2-6-16-28)48-45(47-43)30-18-11-17-29(25-30)31-21-12-24-38-39(31)35-26-34-32-19-7-9-22-36(32)49-37-23-10-8-20-33(37)40(41(34)49)42(35)50-38/h1-26H. The Kier molecular flexibility index (Phi) is 5.60. The van der Waals surface area contributed by atoms with Gasteiger partial charge in [0.1, 0.15) is 11.2 Å². The summed E-state index contributed by atoms with van der Waals surface area (Å²) in [6, 6.07) is 54.7. The van der Waals surface area contributed by atoms with Crippen molar-refractivity contribution in [1.82, 2.24) is 19.4 Å². The second kappa shape index (κ2) is 10.3. The predicted molar refractivity (Wildman–Crippen MR) is 204 cm³/mol. The van der Waals surface area contributed by atoms with E-state index in [0.29, 0.717) is 17.5 Å². The van der Waals surface area contributed by atoms with Crippen molar-refractivity contribution in [1.29, 1.82) is 0 Å². The van der Waals surface area contributed by atoms with E-state index in [1.807, 2.05) is 60.7 Å². The highest BCUT2D eigenvalue weighted by Crippen LogP contribution is 2.47. The molecular weight excluding hydrogens is 613 g/mol. The first-order chi connectivity index (χ1) is 24.8. The molecule has 0 fully saturated rings. The summed E-state index contributed by atoms with van der Waals surface area (Å²) in [7, 11) is 0. The molecule has 0 radical (unpaired) electrons. The highest BCUT2D eigenvalue weighted by atomic mass is 16.3. The smallest absolute Gasteiger partial charge is 0.164 e. The third-order valence-corrected chi connectivity index (χ3v) is 9.96. The highest BCUT2D eigenvalue weighted by Gasteiger charge is 2.24. The largest absolute Gasteiger partial charge is 0.455 e. The van der Waals surface area contributed by atoms with Gasteiger partial charge in [-0.2, -0.15) is 0 Å². The van der Waals surface area contributed by atoms with Crippen LogP contribution in [0.4, 0.5) is 0 Å². The van der Waals surface area contributed by atoms with E-state index in [1.165, 1.54) is 32.7 Å². The summed E-state index contributed by atoms with van der Waals surface area (Å²) in [6.45, 7) is 0. The number of aromatic nitrogens is 4. The Balaban J connectivity index is 1.16. The summed E-state index contributed by atoms with van der Waals surface area (Å²) in [4.78, 5) is 14.9. The number of rotatable bonds is 4. The van der Waals surface area contributed by atoms with Crippen molar-refractivity contribution >= 4 is 60.0 Å². The molecule has 7 aromatic carbocycles. The molecule has 0 aliphatic rings.